The molecule has 0 aliphatic rings. The lowest BCUT2D eigenvalue weighted by molar-refractivity contribution is -0.145. The minimum Gasteiger partial charge on any atom is -0.465 e. The number of hydrogen-bond acceptors (Lipinski definition) is 3. The summed E-state index contributed by atoms with van der Waals surface area (Å²) in [5.41, 5.74) is 7.01. The number of carbonyl (C=O) groups excluding carboxylic acids is 1. The van der Waals surface area contributed by atoms with Gasteiger partial charge in [-0.25, -0.2) is 0 Å². The topological polar surface area (TPSA) is 52.3 Å². The maximum absolute atomic E-state index is 11.6. The summed E-state index contributed by atoms with van der Waals surface area (Å²) in [6.45, 7) is 2.61. The number of benzene rings is 1. The summed E-state index contributed by atoms with van der Waals surface area (Å²) in [6.07, 6.45) is 4.58. The zero-order chi connectivity index (χ0) is 13.2. The third kappa shape index (κ3) is 5.82. The average Bonchev–Trinajstić information content (AvgIpc) is 2.42. The van der Waals surface area contributed by atoms with E-state index in [9.17, 15) is 4.79 Å². The van der Waals surface area contributed by atoms with Gasteiger partial charge in [0, 0.05) is 0 Å². The fourth-order valence-electron chi connectivity index (χ4n) is 1.72. The molecule has 3 heteroatoms. The minimum atomic E-state index is -0.508. The number of hydrogen-bond donors (Lipinski definition) is 1. The molecule has 0 fully saturated rings. The molecule has 1 aromatic rings. The largest absolute Gasteiger partial charge is 0.465 e. The third-order valence-corrected chi connectivity index (χ3v) is 2.88. The van der Waals surface area contributed by atoms with Crippen LogP contribution in [-0.4, -0.2) is 18.6 Å². The van der Waals surface area contributed by atoms with Crippen molar-refractivity contribution in [2.24, 2.45) is 5.73 Å². The third-order valence-electron chi connectivity index (χ3n) is 2.88. The van der Waals surface area contributed by atoms with E-state index in [-0.39, 0.29) is 5.97 Å². The Kier molecular flexibility index (Phi) is 7.11. The van der Waals surface area contributed by atoms with Crippen molar-refractivity contribution < 1.29 is 9.53 Å². The average molecular weight is 249 g/mol. The molecule has 0 heterocycles. The van der Waals surface area contributed by atoms with Crippen LogP contribution in [0, 0.1) is 0 Å². The van der Waals surface area contributed by atoms with Gasteiger partial charge in [-0.05, 0) is 24.8 Å². The van der Waals surface area contributed by atoms with Gasteiger partial charge in [0.25, 0.3) is 0 Å². The molecule has 0 saturated carbocycles. The van der Waals surface area contributed by atoms with Crippen LogP contribution in [0.3, 0.4) is 0 Å². The summed E-state index contributed by atoms with van der Waals surface area (Å²) in [5.74, 6) is -0.276. The minimum absolute atomic E-state index is 0.276. The van der Waals surface area contributed by atoms with E-state index in [2.05, 4.69) is 6.92 Å². The highest BCUT2D eigenvalue weighted by Crippen LogP contribution is 2.05. The molecule has 0 radical (unpaired) electrons. The second-order valence-corrected chi connectivity index (χ2v) is 4.51. The maximum atomic E-state index is 11.6. The molecule has 18 heavy (non-hydrogen) atoms. The van der Waals surface area contributed by atoms with Gasteiger partial charge in [-0.2, -0.15) is 0 Å². The van der Waals surface area contributed by atoms with E-state index >= 15 is 0 Å². The normalized spacial score (nSPS) is 12.1. The summed E-state index contributed by atoms with van der Waals surface area (Å²) in [4.78, 5) is 11.6. The van der Waals surface area contributed by atoms with Crippen molar-refractivity contribution in [1.82, 2.24) is 0 Å². The molecular formula is C15H23NO2. The first kappa shape index (κ1) is 14.7. The van der Waals surface area contributed by atoms with Crippen LogP contribution < -0.4 is 5.73 Å². The molecule has 0 amide bonds. The SMILES string of the molecule is CCCCCOC(=O)C(N)CCc1ccccc1. The Morgan fingerprint density at radius 2 is 2.00 bits per heavy atom. The van der Waals surface area contributed by atoms with Crippen molar-refractivity contribution in [1.29, 1.82) is 0 Å². The molecule has 3 nitrogen and oxygen atoms in total. The van der Waals surface area contributed by atoms with Crippen LogP contribution in [0.5, 0.6) is 0 Å². The van der Waals surface area contributed by atoms with Crippen molar-refractivity contribution in [2.45, 2.75) is 45.1 Å². The molecule has 0 aliphatic heterocycles. The van der Waals surface area contributed by atoms with E-state index in [1.807, 2.05) is 30.3 Å². The van der Waals surface area contributed by atoms with Gasteiger partial charge in [0.05, 0.1) is 6.61 Å². The highest BCUT2D eigenvalue weighted by Gasteiger charge is 2.14. The molecule has 0 bridgehead atoms. The summed E-state index contributed by atoms with van der Waals surface area (Å²) in [5, 5.41) is 0. The Hall–Kier alpha value is -1.35. The fourth-order valence-corrected chi connectivity index (χ4v) is 1.72. The number of aryl methyl sites for hydroxylation is 1. The Bertz CT molecular complexity index is 338. The molecule has 0 spiro atoms. The second kappa shape index (κ2) is 8.70. The van der Waals surface area contributed by atoms with Gasteiger partial charge >= 0.3 is 5.97 Å². The Morgan fingerprint density at radius 3 is 2.67 bits per heavy atom. The van der Waals surface area contributed by atoms with E-state index in [0.29, 0.717) is 13.0 Å². The van der Waals surface area contributed by atoms with Crippen LogP contribution in [-0.2, 0) is 16.0 Å². The van der Waals surface area contributed by atoms with Gasteiger partial charge in [0.15, 0.2) is 0 Å². The molecule has 1 aromatic carbocycles. The summed E-state index contributed by atoms with van der Waals surface area (Å²) >= 11 is 0. The molecule has 0 aromatic heterocycles. The molecule has 1 atom stereocenters. The van der Waals surface area contributed by atoms with Crippen LogP contribution in [0.1, 0.15) is 38.2 Å². The van der Waals surface area contributed by atoms with E-state index in [0.717, 1.165) is 25.7 Å². The van der Waals surface area contributed by atoms with Gasteiger partial charge in [0.2, 0.25) is 0 Å². The van der Waals surface area contributed by atoms with Crippen molar-refractivity contribution in [3.63, 3.8) is 0 Å². The second-order valence-electron chi connectivity index (χ2n) is 4.51. The first-order valence-corrected chi connectivity index (χ1v) is 6.70. The number of rotatable bonds is 8. The number of unbranched alkanes of at least 4 members (excludes halogenated alkanes) is 2. The maximum Gasteiger partial charge on any atom is 0.322 e. The molecule has 0 aliphatic carbocycles. The van der Waals surface area contributed by atoms with Gasteiger partial charge in [-0.15, -0.1) is 0 Å². The van der Waals surface area contributed by atoms with E-state index in [1.54, 1.807) is 0 Å². The van der Waals surface area contributed by atoms with Crippen LogP contribution >= 0.6 is 0 Å². The molecule has 0 saturated heterocycles. The van der Waals surface area contributed by atoms with Crippen molar-refractivity contribution in [3.8, 4) is 0 Å². The van der Waals surface area contributed by atoms with Crippen molar-refractivity contribution >= 4 is 5.97 Å². The predicted molar refractivity (Wildman–Crippen MR) is 73.2 cm³/mol. The van der Waals surface area contributed by atoms with E-state index in [1.165, 1.54) is 5.56 Å². The first-order chi connectivity index (χ1) is 8.74. The molecule has 1 rings (SSSR count). The number of ether oxygens (including phenoxy) is 1. The lowest BCUT2D eigenvalue weighted by atomic mass is 10.1. The zero-order valence-corrected chi connectivity index (χ0v) is 11.1. The summed E-state index contributed by atoms with van der Waals surface area (Å²) < 4.78 is 5.13. The quantitative estimate of drug-likeness (QED) is 0.569. The van der Waals surface area contributed by atoms with Gasteiger partial charge in [0.1, 0.15) is 6.04 Å². The van der Waals surface area contributed by atoms with Crippen LogP contribution in [0.15, 0.2) is 30.3 Å². The zero-order valence-electron chi connectivity index (χ0n) is 11.1. The lowest BCUT2D eigenvalue weighted by Gasteiger charge is -2.11. The van der Waals surface area contributed by atoms with Crippen molar-refractivity contribution in [3.05, 3.63) is 35.9 Å². The van der Waals surface area contributed by atoms with E-state index < -0.39 is 6.04 Å². The van der Waals surface area contributed by atoms with Crippen molar-refractivity contribution in [2.75, 3.05) is 6.61 Å². The Labute approximate surface area is 109 Å². The number of carbonyl (C=O) groups is 1. The van der Waals surface area contributed by atoms with Crippen LogP contribution in [0.4, 0.5) is 0 Å². The molecule has 100 valence electrons. The molecule has 2 N–H and O–H groups in total. The van der Waals surface area contributed by atoms with Crippen LogP contribution in [0.25, 0.3) is 0 Å². The number of esters is 1. The smallest absolute Gasteiger partial charge is 0.322 e. The Morgan fingerprint density at radius 1 is 1.28 bits per heavy atom. The predicted octanol–water partition coefficient (Wildman–Crippen LogP) is 2.68. The molecule has 1 unspecified atom stereocenters. The fraction of sp³-hybridized carbons (Fsp3) is 0.533. The summed E-state index contributed by atoms with van der Waals surface area (Å²) in [6, 6.07) is 9.53. The monoisotopic (exact) mass is 249 g/mol. The highest BCUT2D eigenvalue weighted by atomic mass is 16.5. The lowest BCUT2D eigenvalue weighted by Crippen LogP contribution is -2.33. The molecular weight excluding hydrogens is 226 g/mol. The highest BCUT2D eigenvalue weighted by molar-refractivity contribution is 5.75. The first-order valence-electron chi connectivity index (χ1n) is 6.70. The Balaban J connectivity index is 2.19. The number of nitrogens with two attached hydrogens (primary N) is 1. The standard InChI is InChI=1S/C15H23NO2/c1-2-3-7-12-18-15(17)14(16)11-10-13-8-5-4-6-9-13/h4-6,8-9,14H,2-3,7,10-12,16H2,1H3. The van der Waals surface area contributed by atoms with Gasteiger partial charge in [-0.1, -0.05) is 50.1 Å². The van der Waals surface area contributed by atoms with Gasteiger partial charge < -0.3 is 10.5 Å². The van der Waals surface area contributed by atoms with Crippen LogP contribution in [0.2, 0.25) is 0 Å². The van der Waals surface area contributed by atoms with E-state index in [4.69, 9.17) is 10.5 Å². The van der Waals surface area contributed by atoms with Gasteiger partial charge in [-0.3, -0.25) is 4.79 Å². The summed E-state index contributed by atoms with van der Waals surface area (Å²) in [7, 11) is 0.